The predicted molar refractivity (Wildman–Crippen MR) is 102 cm³/mol. The van der Waals surface area contributed by atoms with Crippen LogP contribution in [0, 0.1) is 19.7 Å². The van der Waals surface area contributed by atoms with Gasteiger partial charge in [0.25, 0.3) is 0 Å². The van der Waals surface area contributed by atoms with Gasteiger partial charge in [-0.2, -0.15) is 0 Å². The summed E-state index contributed by atoms with van der Waals surface area (Å²) in [6.07, 6.45) is 0. The highest BCUT2D eigenvalue weighted by molar-refractivity contribution is 7.11. The van der Waals surface area contributed by atoms with Gasteiger partial charge in [-0.3, -0.25) is 4.99 Å². The molecule has 0 saturated carbocycles. The molecule has 2 N–H and O–H groups in total. The Balaban J connectivity index is 1.92. The maximum absolute atomic E-state index is 13.8. The highest BCUT2D eigenvalue weighted by Gasteiger charge is 2.07. The molecule has 0 spiro atoms. The monoisotopic (exact) mass is 363 g/mol. The van der Waals surface area contributed by atoms with E-state index in [1.807, 2.05) is 32.0 Å². The van der Waals surface area contributed by atoms with E-state index in [2.05, 4.69) is 27.5 Å². The third-order valence-electron chi connectivity index (χ3n) is 3.76. The minimum Gasteiger partial charge on any atom is -0.352 e. The van der Waals surface area contributed by atoms with Crippen LogP contribution in [0.1, 0.15) is 26.7 Å². The van der Waals surface area contributed by atoms with Gasteiger partial charge in [-0.25, -0.2) is 9.37 Å². The molecule has 7 heteroatoms. The average Bonchev–Trinajstić information content (AvgIpc) is 2.88. The lowest BCUT2D eigenvalue weighted by Gasteiger charge is -2.14. The summed E-state index contributed by atoms with van der Waals surface area (Å²) in [6.45, 7) is 5.88. The number of aryl methyl sites for hydroxylation is 2. The van der Waals surface area contributed by atoms with Crippen molar-refractivity contribution in [3.8, 4) is 0 Å². The van der Waals surface area contributed by atoms with Crippen molar-refractivity contribution in [1.29, 1.82) is 0 Å². The number of aromatic nitrogens is 1. The third-order valence-corrected chi connectivity index (χ3v) is 4.83. The molecular weight excluding hydrogens is 337 g/mol. The molecule has 0 radical (unpaired) electrons. The first-order valence-electron chi connectivity index (χ1n) is 8.18. The minimum absolute atomic E-state index is 0.172. The zero-order valence-electron chi connectivity index (χ0n) is 15.5. The number of halogens is 1. The van der Waals surface area contributed by atoms with Crippen molar-refractivity contribution >= 4 is 17.3 Å². The van der Waals surface area contributed by atoms with Gasteiger partial charge in [0.2, 0.25) is 0 Å². The Morgan fingerprint density at radius 2 is 1.96 bits per heavy atom. The van der Waals surface area contributed by atoms with E-state index in [1.54, 1.807) is 24.5 Å². The van der Waals surface area contributed by atoms with E-state index >= 15 is 0 Å². The molecule has 0 fully saturated rings. The molecule has 136 valence electrons. The first kappa shape index (κ1) is 19.3. The van der Waals surface area contributed by atoms with Crippen LogP contribution in [0.5, 0.6) is 0 Å². The maximum atomic E-state index is 13.8. The van der Waals surface area contributed by atoms with Crippen LogP contribution in [-0.2, 0) is 19.6 Å². The lowest BCUT2D eigenvalue weighted by Crippen LogP contribution is -2.36. The van der Waals surface area contributed by atoms with Crippen LogP contribution in [0.2, 0.25) is 0 Å². The summed E-state index contributed by atoms with van der Waals surface area (Å²) in [5.41, 5.74) is 2.78. The van der Waals surface area contributed by atoms with E-state index in [9.17, 15) is 4.39 Å². The first-order valence-corrected chi connectivity index (χ1v) is 9.00. The molecule has 5 nitrogen and oxygen atoms in total. The van der Waals surface area contributed by atoms with Crippen molar-refractivity contribution in [2.75, 3.05) is 21.1 Å². The van der Waals surface area contributed by atoms with Crippen molar-refractivity contribution in [3.63, 3.8) is 0 Å². The number of benzene rings is 1. The van der Waals surface area contributed by atoms with E-state index in [-0.39, 0.29) is 5.82 Å². The molecule has 0 aliphatic rings. The number of aliphatic imine (C=N–C) groups is 1. The number of nitrogens with zero attached hydrogens (tertiary/aromatic N) is 3. The Bertz CT molecular complexity index is 720. The Hall–Kier alpha value is -1.99. The highest BCUT2D eigenvalue weighted by atomic mass is 32.1. The van der Waals surface area contributed by atoms with Crippen LogP contribution in [0.4, 0.5) is 4.39 Å². The van der Waals surface area contributed by atoms with Crippen LogP contribution >= 0.6 is 11.3 Å². The molecule has 1 aromatic carbocycles. The second kappa shape index (κ2) is 8.92. The second-order valence-electron chi connectivity index (χ2n) is 6.19. The molecule has 0 amide bonds. The molecule has 2 rings (SSSR count). The van der Waals surface area contributed by atoms with Gasteiger partial charge in [0.05, 0.1) is 12.2 Å². The lowest BCUT2D eigenvalue weighted by atomic mass is 10.1. The van der Waals surface area contributed by atoms with Crippen molar-refractivity contribution in [1.82, 2.24) is 20.5 Å². The van der Waals surface area contributed by atoms with Gasteiger partial charge in [0.15, 0.2) is 5.96 Å². The molecule has 1 heterocycles. The van der Waals surface area contributed by atoms with Crippen molar-refractivity contribution in [3.05, 3.63) is 50.7 Å². The summed E-state index contributed by atoms with van der Waals surface area (Å²) < 4.78 is 13.8. The van der Waals surface area contributed by atoms with E-state index in [0.29, 0.717) is 31.2 Å². The Morgan fingerprint density at radius 1 is 1.24 bits per heavy atom. The lowest BCUT2D eigenvalue weighted by molar-refractivity contribution is 0.392. The molecule has 0 atom stereocenters. The second-order valence-corrected chi connectivity index (χ2v) is 7.48. The first-order chi connectivity index (χ1) is 11.9. The summed E-state index contributed by atoms with van der Waals surface area (Å²) in [4.78, 5) is 11.9. The quantitative estimate of drug-likeness (QED) is 0.612. The van der Waals surface area contributed by atoms with Gasteiger partial charge in [-0.15, -0.1) is 11.3 Å². The summed E-state index contributed by atoms with van der Waals surface area (Å²) in [7, 11) is 5.59. The smallest absolute Gasteiger partial charge is 0.191 e. The van der Waals surface area contributed by atoms with Crippen LogP contribution in [0.3, 0.4) is 0 Å². The van der Waals surface area contributed by atoms with Gasteiger partial charge in [0, 0.05) is 30.6 Å². The summed E-state index contributed by atoms with van der Waals surface area (Å²) in [5.74, 6) is 0.526. The molecule has 0 bridgehead atoms. The largest absolute Gasteiger partial charge is 0.352 e. The maximum Gasteiger partial charge on any atom is 0.191 e. The molecule has 1 aromatic heterocycles. The minimum atomic E-state index is -0.172. The molecule has 0 aliphatic carbocycles. The molecule has 0 unspecified atom stereocenters. The Kier molecular flexibility index (Phi) is 6.90. The van der Waals surface area contributed by atoms with E-state index in [4.69, 9.17) is 0 Å². The van der Waals surface area contributed by atoms with Gasteiger partial charge in [-0.05, 0) is 45.6 Å². The fourth-order valence-electron chi connectivity index (χ4n) is 2.38. The molecule has 25 heavy (non-hydrogen) atoms. The molecular formula is C18H26FN5S. The summed E-state index contributed by atoms with van der Waals surface area (Å²) >= 11 is 1.69. The van der Waals surface area contributed by atoms with E-state index in [1.165, 1.54) is 10.9 Å². The van der Waals surface area contributed by atoms with E-state index < -0.39 is 0 Å². The number of thiazole rings is 1. The van der Waals surface area contributed by atoms with Crippen LogP contribution in [0.15, 0.2) is 23.2 Å². The fourth-order valence-corrected chi connectivity index (χ4v) is 3.25. The zero-order chi connectivity index (χ0) is 18.4. The molecule has 0 aliphatic heterocycles. The number of hydrogen-bond acceptors (Lipinski definition) is 4. The number of guanidine groups is 1. The molecule has 2 aromatic rings. The van der Waals surface area contributed by atoms with Gasteiger partial charge >= 0.3 is 0 Å². The van der Waals surface area contributed by atoms with Crippen LogP contribution in [0.25, 0.3) is 0 Å². The van der Waals surface area contributed by atoms with Crippen molar-refractivity contribution in [2.24, 2.45) is 4.99 Å². The Labute approximate surface area is 153 Å². The molecule has 0 saturated heterocycles. The average molecular weight is 364 g/mol. The fraction of sp³-hybridized carbons (Fsp3) is 0.444. The predicted octanol–water partition coefficient (Wildman–Crippen LogP) is 2.83. The van der Waals surface area contributed by atoms with Crippen molar-refractivity contribution in [2.45, 2.75) is 33.5 Å². The van der Waals surface area contributed by atoms with Gasteiger partial charge < -0.3 is 15.5 Å². The zero-order valence-corrected chi connectivity index (χ0v) is 16.3. The Morgan fingerprint density at radius 3 is 2.56 bits per heavy atom. The van der Waals surface area contributed by atoms with E-state index in [0.717, 1.165) is 16.3 Å². The SMILES string of the molecule is CN=C(NCc1ccc(F)c(CN(C)C)c1)NCc1nc(C)c(C)s1. The number of hydrogen-bond donors (Lipinski definition) is 2. The highest BCUT2D eigenvalue weighted by Crippen LogP contribution is 2.16. The summed E-state index contributed by atoms with van der Waals surface area (Å²) in [5, 5.41) is 7.55. The topological polar surface area (TPSA) is 52.6 Å². The van der Waals surface area contributed by atoms with Crippen LogP contribution in [-0.4, -0.2) is 37.0 Å². The van der Waals surface area contributed by atoms with Crippen LogP contribution < -0.4 is 10.6 Å². The number of nitrogens with one attached hydrogen (secondary N) is 2. The number of rotatable bonds is 6. The standard InChI is InChI=1S/C18H26FN5S/c1-12-13(2)25-17(23-12)10-22-18(20-3)21-9-14-6-7-16(19)15(8-14)11-24(4)5/h6-8H,9-11H2,1-5H3,(H2,20,21,22). The normalized spacial score (nSPS) is 11.9. The van der Waals surface area contributed by atoms with Crippen molar-refractivity contribution < 1.29 is 4.39 Å². The third kappa shape index (κ3) is 5.79. The van der Waals surface area contributed by atoms with Gasteiger partial charge in [-0.1, -0.05) is 6.07 Å². The van der Waals surface area contributed by atoms with Gasteiger partial charge in [0.1, 0.15) is 10.8 Å². The summed E-state index contributed by atoms with van der Waals surface area (Å²) in [6, 6.07) is 5.21.